The Morgan fingerprint density at radius 1 is 0.844 bits per heavy atom. The van der Waals surface area contributed by atoms with Crippen LogP contribution in [0.5, 0.6) is 0 Å². The van der Waals surface area contributed by atoms with E-state index in [1.165, 1.54) is 44.9 Å². The standard InChI is InChI=1S/C24H42N2O6/c1-3-5-6-7-8-9-10-11-12-16-21(27)25-19-14-13-15-20(24(31)32-4-2)26-22(28)17-18-23(29)30/h17-18,20H,3-16,19H2,1-2H3,(H,25,27)(H,26,28)(H,29,30)/b18-17-/t20-/m0/s1. The SMILES string of the molecule is CCCCCCCCCCCC(=O)NCCCC[C@H](NC(=O)/C=C\C(=O)O)C(=O)OCC. The van der Waals surface area contributed by atoms with Crippen molar-refractivity contribution in [3.05, 3.63) is 12.2 Å². The van der Waals surface area contributed by atoms with Gasteiger partial charge in [0.25, 0.3) is 0 Å². The van der Waals surface area contributed by atoms with E-state index in [2.05, 4.69) is 17.6 Å². The zero-order valence-corrected chi connectivity index (χ0v) is 19.8. The molecule has 0 aromatic rings. The first-order chi connectivity index (χ1) is 15.4. The Balaban J connectivity index is 3.94. The van der Waals surface area contributed by atoms with E-state index in [0.717, 1.165) is 18.9 Å². The number of rotatable bonds is 20. The number of carboxylic acid groups (broad SMARTS) is 1. The maximum Gasteiger partial charge on any atom is 0.328 e. The number of esters is 1. The van der Waals surface area contributed by atoms with Gasteiger partial charge in [0.05, 0.1) is 6.61 Å². The second-order valence-electron chi connectivity index (χ2n) is 7.91. The van der Waals surface area contributed by atoms with Crippen LogP contribution in [0.2, 0.25) is 0 Å². The van der Waals surface area contributed by atoms with Gasteiger partial charge in [-0.1, -0.05) is 58.3 Å². The van der Waals surface area contributed by atoms with E-state index in [1.54, 1.807) is 6.92 Å². The number of carbonyl (C=O) groups excluding carboxylic acids is 3. The number of unbranched alkanes of at least 4 members (excludes halogenated alkanes) is 9. The van der Waals surface area contributed by atoms with Crippen LogP contribution in [0.3, 0.4) is 0 Å². The molecule has 3 N–H and O–H groups in total. The number of nitrogens with one attached hydrogen (secondary N) is 2. The van der Waals surface area contributed by atoms with E-state index >= 15 is 0 Å². The molecular formula is C24H42N2O6. The lowest BCUT2D eigenvalue weighted by atomic mass is 10.1. The minimum Gasteiger partial charge on any atom is -0.478 e. The number of amides is 2. The molecule has 0 aliphatic carbocycles. The summed E-state index contributed by atoms with van der Waals surface area (Å²) in [6.07, 6.45) is 14.7. The highest BCUT2D eigenvalue weighted by atomic mass is 16.5. The highest BCUT2D eigenvalue weighted by Crippen LogP contribution is 2.10. The summed E-state index contributed by atoms with van der Waals surface area (Å²) in [5.41, 5.74) is 0. The number of ether oxygens (including phenoxy) is 1. The second kappa shape index (κ2) is 20.5. The van der Waals surface area contributed by atoms with Gasteiger partial charge < -0.3 is 20.5 Å². The maximum absolute atomic E-state index is 12.0. The molecule has 0 aromatic carbocycles. The van der Waals surface area contributed by atoms with Crippen LogP contribution in [0, 0.1) is 0 Å². The minimum atomic E-state index is -1.24. The molecule has 0 saturated heterocycles. The fourth-order valence-electron chi connectivity index (χ4n) is 3.24. The molecule has 1 atom stereocenters. The summed E-state index contributed by atoms with van der Waals surface area (Å²) in [5, 5.41) is 13.9. The largest absolute Gasteiger partial charge is 0.478 e. The van der Waals surface area contributed by atoms with E-state index in [-0.39, 0.29) is 12.5 Å². The van der Waals surface area contributed by atoms with Crippen molar-refractivity contribution in [3.8, 4) is 0 Å². The fraction of sp³-hybridized carbons (Fsp3) is 0.750. The minimum absolute atomic E-state index is 0.0435. The van der Waals surface area contributed by atoms with Crippen LogP contribution in [-0.4, -0.2) is 48.1 Å². The van der Waals surface area contributed by atoms with E-state index in [0.29, 0.717) is 38.3 Å². The van der Waals surface area contributed by atoms with Crippen molar-refractivity contribution in [1.29, 1.82) is 0 Å². The van der Waals surface area contributed by atoms with Gasteiger partial charge in [-0.2, -0.15) is 0 Å². The van der Waals surface area contributed by atoms with Gasteiger partial charge in [0.2, 0.25) is 11.8 Å². The Hall–Kier alpha value is -2.38. The monoisotopic (exact) mass is 454 g/mol. The van der Waals surface area contributed by atoms with Crippen LogP contribution in [0.15, 0.2) is 12.2 Å². The molecule has 32 heavy (non-hydrogen) atoms. The zero-order valence-electron chi connectivity index (χ0n) is 19.8. The molecule has 184 valence electrons. The highest BCUT2D eigenvalue weighted by Gasteiger charge is 2.20. The Bertz CT molecular complexity index is 577. The molecular weight excluding hydrogens is 412 g/mol. The predicted octanol–water partition coefficient (Wildman–Crippen LogP) is 3.88. The summed E-state index contributed by atoms with van der Waals surface area (Å²) in [4.78, 5) is 46.1. The van der Waals surface area contributed by atoms with Gasteiger partial charge in [0.1, 0.15) is 6.04 Å². The fourth-order valence-corrected chi connectivity index (χ4v) is 3.24. The van der Waals surface area contributed by atoms with Crippen LogP contribution in [0.1, 0.15) is 97.3 Å². The van der Waals surface area contributed by atoms with Gasteiger partial charge in [0.15, 0.2) is 0 Å². The Morgan fingerprint density at radius 2 is 1.47 bits per heavy atom. The number of carbonyl (C=O) groups is 4. The van der Waals surface area contributed by atoms with E-state index in [9.17, 15) is 19.2 Å². The van der Waals surface area contributed by atoms with Crippen LogP contribution in [0.25, 0.3) is 0 Å². The first-order valence-electron chi connectivity index (χ1n) is 12.1. The molecule has 0 saturated carbocycles. The molecule has 0 rings (SSSR count). The van der Waals surface area contributed by atoms with Gasteiger partial charge in [-0.15, -0.1) is 0 Å². The van der Waals surface area contributed by atoms with E-state index in [1.807, 2.05) is 0 Å². The van der Waals surface area contributed by atoms with Crippen molar-refractivity contribution in [2.45, 2.75) is 103 Å². The summed E-state index contributed by atoms with van der Waals surface area (Å²) in [6, 6.07) is -0.849. The zero-order chi connectivity index (χ0) is 24.0. The molecule has 0 aliphatic rings. The molecule has 8 nitrogen and oxygen atoms in total. The van der Waals surface area contributed by atoms with E-state index in [4.69, 9.17) is 9.84 Å². The first-order valence-corrected chi connectivity index (χ1v) is 12.1. The third-order valence-corrected chi connectivity index (χ3v) is 5.01. The Labute approximate surface area is 192 Å². The smallest absolute Gasteiger partial charge is 0.328 e. The van der Waals surface area contributed by atoms with Crippen molar-refractivity contribution in [3.63, 3.8) is 0 Å². The lowest BCUT2D eigenvalue weighted by Crippen LogP contribution is -2.41. The number of hydrogen-bond acceptors (Lipinski definition) is 5. The summed E-state index contributed by atoms with van der Waals surface area (Å²) < 4.78 is 4.96. The summed E-state index contributed by atoms with van der Waals surface area (Å²) in [6.45, 7) is 4.59. The van der Waals surface area contributed by atoms with Crippen molar-refractivity contribution >= 4 is 23.8 Å². The van der Waals surface area contributed by atoms with Crippen LogP contribution in [0.4, 0.5) is 0 Å². The Kier molecular flexibility index (Phi) is 19.0. The van der Waals surface area contributed by atoms with Crippen molar-refractivity contribution in [2.75, 3.05) is 13.2 Å². The highest BCUT2D eigenvalue weighted by molar-refractivity contribution is 5.95. The Morgan fingerprint density at radius 3 is 2.06 bits per heavy atom. The third-order valence-electron chi connectivity index (χ3n) is 5.01. The van der Waals surface area contributed by atoms with Crippen molar-refractivity contribution < 1.29 is 29.0 Å². The predicted molar refractivity (Wildman–Crippen MR) is 124 cm³/mol. The lowest BCUT2D eigenvalue weighted by molar-refractivity contribution is -0.147. The van der Waals surface area contributed by atoms with Gasteiger partial charge in [-0.3, -0.25) is 9.59 Å². The molecule has 0 fully saturated rings. The molecule has 0 unspecified atom stereocenters. The van der Waals surface area contributed by atoms with Gasteiger partial charge in [-0.05, 0) is 32.6 Å². The molecule has 0 heterocycles. The first kappa shape index (κ1) is 29.6. The summed E-state index contributed by atoms with van der Waals surface area (Å²) >= 11 is 0. The van der Waals surface area contributed by atoms with Crippen molar-refractivity contribution in [2.24, 2.45) is 0 Å². The van der Waals surface area contributed by atoms with Gasteiger partial charge >= 0.3 is 11.9 Å². The molecule has 0 aromatic heterocycles. The van der Waals surface area contributed by atoms with Crippen molar-refractivity contribution in [1.82, 2.24) is 10.6 Å². The lowest BCUT2D eigenvalue weighted by Gasteiger charge is -2.16. The summed E-state index contributed by atoms with van der Waals surface area (Å²) in [5.74, 6) is -2.42. The molecule has 0 bridgehead atoms. The molecule has 8 heteroatoms. The van der Waals surface area contributed by atoms with Gasteiger partial charge in [-0.25, -0.2) is 9.59 Å². The average molecular weight is 455 g/mol. The quantitative estimate of drug-likeness (QED) is 0.146. The van der Waals surface area contributed by atoms with Crippen LogP contribution < -0.4 is 10.6 Å². The number of aliphatic carboxylic acids is 1. The number of hydrogen-bond donors (Lipinski definition) is 3. The van der Waals surface area contributed by atoms with Crippen LogP contribution in [-0.2, 0) is 23.9 Å². The second-order valence-corrected chi connectivity index (χ2v) is 7.91. The average Bonchev–Trinajstić information content (AvgIpc) is 2.75. The molecule has 0 spiro atoms. The maximum atomic E-state index is 12.0. The van der Waals surface area contributed by atoms with E-state index < -0.39 is 23.9 Å². The third kappa shape index (κ3) is 18.4. The molecule has 0 radical (unpaired) electrons. The van der Waals surface area contributed by atoms with Crippen LogP contribution >= 0.6 is 0 Å². The van der Waals surface area contributed by atoms with Gasteiger partial charge in [0, 0.05) is 25.1 Å². The molecule has 0 aliphatic heterocycles. The number of carboxylic acids is 1. The normalized spacial score (nSPS) is 11.8. The summed E-state index contributed by atoms with van der Waals surface area (Å²) in [7, 11) is 0. The molecule has 2 amide bonds. The topological polar surface area (TPSA) is 122 Å².